The summed E-state index contributed by atoms with van der Waals surface area (Å²) in [6.45, 7) is 15.1. The van der Waals surface area contributed by atoms with E-state index in [9.17, 15) is 4.57 Å². The predicted molar refractivity (Wildman–Crippen MR) is 74.2 cm³/mol. The van der Waals surface area contributed by atoms with Crippen LogP contribution in [0, 0.1) is 0 Å². The fourth-order valence-corrected chi connectivity index (χ4v) is 4.22. The van der Waals surface area contributed by atoms with Crippen molar-refractivity contribution < 1.29 is 9.09 Å². The molecule has 0 saturated heterocycles. The summed E-state index contributed by atoms with van der Waals surface area (Å²) >= 11 is 0. The molecule has 0 heterocycles. The van der Waals surface area contributed by atoms with Crippen LogP contribution in [0.4, 0.5) is 0 Å². The van der Waals surface area contributed by atoms with Crippen LogP contribution < -0.4 is 0 Å². The molecule has 17 heavy (non-hydrogen) atoms. The quantitative estimate of drug-likeness (QED) is 0.343. The molecule has 0 amide bonds. The molecule has 5 heteroatoms. The second kappa shape index (κ2) is 8.87. The Morgan fingerprint density at radius 1 is 1.06 bits per heavy atom. The highest BCUT2D eigenvalue weighted by molar-refractivity contribution is 7.53. The van der Waals surface area contributed by atoms with Crippen molar-refractivity contribution in [2.24, 2.45) is 0 Å². The molecule has 0 fully saturated rings. The molecule has 0 aliphatic rings. The Labute approximate surface area is 106 Å². The van der Waals surface area contributed by atoms with Gasteiger partial charge in [-0.1, -0.05) is 33.8 Å². The van der Waals surface area contributed by atoms with E-state index in [2.05, 4.69) is 6.58 Å². The van der Waals surface area contributed by atoms with Gasteiger partial charge >= 0.3 is 7.67 Å². The third kappa shape index (κ3) is 4.55. The van der Waals surface area contributed by atoms with Crippen molar-refractivity contribution >= 4 is 7.67 Å². The Morgan fingerprint density at radius 2 is 1.47 bits per heavy atom. The van der Waals surface area contributed by atoms with E-state index in [4.69, 9.17) is 4.52 Å². The summed E-state index contributed by atoms with van der Waals surface area (Å²) in [7, 11) is -2.85. The second-order valence-electron chi connectivity index (χ2n) is 3.68. The molecule has 102 valence electrons. The fourth-order valence-electron chi connectivity index (χ4n) is 1.76. The van der Waals surface area contributed by atoms with Crippen molar-refractivity contribution in [1.29, 1.82) is 0 Å². The fraction of sp³-hybridized carbons (Fsp3) is 0.833. The molecule has 4 nitrogen and oxygen atoms in total. The third-order valence-corrected chi connectivity index (χ3v) is 5.84. The first-order valence-electron chi connectivity index (χ1n) is 6.46. The first kappa shape index (κ1) is 16.9. The van der Waals surface area contributed by atoms with Gasteiger partial charge in [0.05, 0.1) is 6.61 Å². The Bertz CT molecular complexity index is 235. The monoisotopic (exact) mass is 262 g/mol. The average molecular weight is 262 g/mol. The van der Waals surface area contributed by atoms with Gasteiger partial charge in [0.15, 0.2) is 0 Å². The van der Waals surface area contributed by atoms with Gasteiger partial charge in [0.25, 0.3) is 0 Å². The van der Waals surface area contributed by atoms with E-state index in [0.717, 1.165) is 32.6 Å². The van der Waals surface area contributed by atoms with Crippen LogP contribution in [0.5, 0.6) is 0 Å². The molecule has 0 saturated carbocycles. The van der Waals surface area contributed by atoms with Crippen LogP contribution in [0.3, 0.4) is 0 Å². The van der Waals surface area contributed by atoms with Gasteiger partial charge in [-0.3, -0.25) is 4.57 Å². The number of hydrogen-bond donors (Lipinski definition) is 0. The lowest BCUT2D eigenvalue weighted by Gasteiger charge is -2.36. The van der Waals surface area contributed by atoms with Crippen molar-refractivity contribution in [3.63, 3.8) is 0 Å². The van der Waals surface area contributed by atoms with Crippen LogP contribution in [-0.2, 0) is 9.09 Å². The normalized spacial score (nSPS) is 12.4. The van der Waals surface area contributed by atoms with Crippen molar-refractivity contribution in [3.05, 3.63) is 12.7 Å². The van der Waals surface area contributed by atoms with E-state index in [1.807, 2.05) is 37.0 Å². The number of hydrogen-bond acceptors (Lipinski definition) is 2. The van der Waals surface area contributed by atoms with Crippen molar-refractivity contribution in [2.75, 3.05) is 32.8 Å². The van der Waals surface area contributed by atoms with Gasteiger partial charge in [-0.05, 0) is 6.42 Å². The standard InChI is InChI=1S/C12H27N2O2P/c1-6-11-12-16-17(15,13(7-2)8-3)14(9-4)10-5/h6H,1,7-12H2,2-5H3. The Balaban J connectivity index is 4.89. The predicted octanol–water partition coefficient (Wildman–Crippen LogP) is 3.37. The highest BCUT2D eigenvalue weighted by Crippen LogP contribution is 2.53. The number of nitrogens with zero attached hydrogens (tertiary/aromatic N) is 2. The van der Waals surface area contributed by atoms with Crippen LogP contribution in [0.1, 0.15) is 34.1 Å². The van der Waals surface area contributed by atoms with Crippen LogP contribution in [-0.4, -0.2) is 42.1 Å². The maximum atomic E-state index is 13.0. The van der Waals surface area contributed by atoms with Gasteiger partial charge in [0.2, 0.25) is 0 Å². The van der Waals surface area contributed by atoms with Gasteiger partial charge in [-0.2, -0.15) is 0 Å². The minimum atomic E-state index is -2.85. The molecule has 0 aromatic heterocycles. The van der Waals surface area contributed by atoms with Gasteiger partial charge in [-0.25, -0.2) is 9.34 Å². The van der Waals surface area contributed by atoms with Crippen LogP contribution in [0.25, 0.3) is 0 Å². The second-order valence-corrected chi connectivity index (χ2v) is 6.05. The summed E-state index contributed by atoms with van der Waals surface area (Å²) in [6.07, 6.45) is 2.52. The molecule has 0 rings (SSSR count). The lowest BCUT2D eigenvalue weighted by atomic mass is 10.5. The largest absolute Gasteiger partial charge is 0.346 e. The Kier molecular flexibility index (Phi) is 8.79. The summed E-state index contributed by atoms with van der Waals surface area (Å²) in [5.41, 5.74) is 0. The smallest absolute Gasteiger partial charge is 0.306 e. The maximum Gasteiger partial charge on any atom is 0.346 e. The van der Waals surface area contributed by atoms with Crippen molar-refractivity contribution in [1.82, 2.24) is 9.34 Å². The molecule has 0 aromatic rings. The van der Waals surface area contributed by atoms with Crippen molar-refractivity contribution in [3.8, 4) is 0 Å². The van der Waals surface area contributed by atoms with Gasteiger partial charge in [0, 0.05) is 26.2 Å². The van der Waals surface area contributed by atoms with E-state index in [1.165, 1.54) is 0 Å². The summed E-state index contributed by atoms with van der Waals surface area (Å²) in [5.74, 6) is 0. The first-order chi connectivity index (χ1) is 8.10. The zero-order valence-electron chi connectivity index (χ0n) is 11.7. The zero-order valence-corrected chi connectivity index (χ0v) is 12.6. The zero-order chi connectivity index (χ0) is 13.3. The summed E-state index contributed by atoms with van der Waals surface area (Å²) < 4.78 is 22.5. The molecule has 0 spiro atoms. The van der Waals surface area contributed by atoms with Crippen molar-refractivity contribution in [2.45, 2.75) is 34.1 Å². The molecule has 0 bridgehead atoms. The molecule has 0 radical (unpaired) electrons. The lowest BCUT2D eigenvalue weighted by molar-refractivity contribution is 0.217. The summed E-state index contributed by atoms with van der Waals surface area (Å²) in [4.78, 5) is 0. The highest BCUT2D eigenvalue weighted by Gasteiger charge is 2.35. The molecular formula is C12H27N2O2P. The van der Waals surface area contributed by atoms with Crippen LogP contribution >= 0.6 is 7.67 Å². The van der Waals surface area contributed by atoms with E-state index in [-0.39, 0.29) is 0 Å². The molecule has 0 aliphatic heterocycles. The highest BCUT2D eigenvalue weighted by atomic mass is 31.2. The molecular weight excluding hydrogens is 235 g/mol. The summed E-state index contributed by atoms with van der Waals surface area (Å²) in [6, 6.07) is 0. The minimum Gasteiger partial charge on any atom is -0.306 e. The Hall–Kier alpha value is -0.150. The van der Waals surface area contributed by atoms with Gasteiger partial charge in [0.1, 0.15) is 0 Å². The maximum absolute atomic E-state index is 13.0. The first-order valence-corrected chi connectivity index (χ1v) is 7.99. The molecule has 0 N–H and O–H groups in total. The van der Waals surface area contributed by atoms with Crippen LogP contribution in [0.2, 0.25) is 0 Å². The van der Waals surface area contributed by atoms with E-state index in [1.54, 1.807) is 6.08 Å². The van der Waals surface area contributed by atoms with E-state index in [0.29, 0.717) is 6.61 Å². The Morgan fingerprint density at radius 3 is 1.76 bits per heavy atom. The molecule has 0 unspecified atom stereocenters. The lowest BCUT2D eigenvalue weighted by Crippen LogP contribution is -2.33. The molecule has 0 aliphatic carbocycles. The average Bonchev–Trinajstić information content (AvgIpc) is 2.32. The topological polar surface area (TPSA) is 32.8 Å². The van der Waals surface area contributed by atoms with Gasteiger partial charge in [-0.15, -0.1) is 6.58 Å². The van der Waals surface area contributed by atoms with E-state index >= 15 is 0 Å². The molecule has 0 aromatic carbocycles. The minimum absolute atomic E-state index is 0.466. The molecule has 0 atom stereocenters. The summed E-state index contributed by atoms with van der Waals surface area (Å²) in [5, 5.41) is 0. The van der Waals surface area contributed by atoms with Gasteiger partial charge < -0.3 is 4.52 Å². The van der Waals surface area contributed by atoms with E-state index < -0.39 is 7.67 Å². The SMILES string of the molecule is C=CCCOP(=O)(N(CC)CC)N(CC)CC. The third-order valence-electron chi connectivity index (χ3n) is 2.76. The van der Waals surface area contributed by atoms with Crippen LogP contribution in [0.15, 0.2) is 12.7 Å². The number of rotatable bonds is 10.